The summed E-state index contributed by atoms with van der Waals surface area (Å²) in [6, 6.07) is 10.3. The molecule has 3 rings (SSSR count). The van der Waals surface area contributed by atoms with Crippen LogP contribution in [0.15, 0.2) is 53.9 Å². The number of ether oxygens (including phenoxy) is 2. The maximum absolute atomic E-state index is 12.4. The first-order chi connectivity index (χ1) is 14.4. The third-order valence-corrected chi connectivity index (χ3v) is 5.25. The van der Waals surface area contributed by atoms with Crippen LogP contribution in [-0.2, 0) is 4.79 Å². The number of hydrogen-bond acceptors (Lipinski definition) is 7. The minimum absolute atomic E-state index is 0.0867. The van der Waals surface area contributed by atoms with Gasteiger partial charge in [0.2, 0.25) is 5.91 Å². The minimum atomic E-state index is -0.522. The SMILES string of the molecule is COc1ccc(-n2ccnc2SCC(=O)Nc2cc(OC)c([N+](=O)[O-])cc2C)cc1. The number of thioether (sulfide) groups is 1. The molecule has 0 saturated heterocycles. The van der Waals surface area contributed by atoms with Gasteiger partial charge in [0.1, 0.15) is 5.75 Å². The molecule has 0 spiro atoms. The molecule has 3 aromatic rings. The maximum atomic E-state index is 12.4. The highest BCUT2D eigenvalue weighted by molar-refractivity contribution is 7.99. The van der Waals surface area contributed by atoms with Crippen molar-refractivity contribution in [3.05, 3.63) is 64.5 Å². The van der Waals surface area contributed by atoms with Crippen LogP contribution in [0.5, 0.6) is 11.5 Å². The van der Waals surface area contributed by atoms with Gasteiger partial charge >= 0.3 is 5.69 Å². The molecule has 2 aromatic carbocycles. The van der Waals surface area contributed by atoms with Crippen LogP contribution in [-0.4, -0.2) is 40.4 Å². The molecule has 0 fully saturated rings. The Labute approximate surface area is 177 Å². The number of methoxy groups -OCH3 is 2. The Morgan fingerprint density at radius 2 is 1.97 bits per heavy atom. The van der Waals surface area contributed by atoms with Crippen LogP contribution in [0.25, 0.3) is 5.69 Å². The van der Waals surface area contributed by atoms with E-state index in [2.05, 4.69) is 10.3 Å². The smallest absolute Gasteiger partial charge is 0.311 e. The summed E-state index contributed by atoms with van der Waals surface area (Å²) in [4.78, 5) is 27.3. The van der Waals surface area contributed by atoms with E-state index in [9.17, 15) is 14.9 Å². The molecular weight excluding hydrogens is 408 g/mol. The molecule has 0 unspecified atom stereocenters. The van der Waals surface area contributed by atoms with Gasteiger partial charge in [-0.1, -0.05) is 11.8 Å². The number of carbonyl (C=O) groups excluding carboxylic acids is 1. The summed E-state index contributed by atoms with van der Waals surface area (Å²) < 4.78 is 12.1. The lowest BCUT2D eigenvalue weighted by Gasteiger charge is -2.11. The van der Waals surface area contributed by atoms with Crippen LogP contribution in [0.4, 0.5) is 11.4 Å². The molecule has 10 heteroatoms. The predicted molar refractivity (Wildman–Crippen MR) is 114 cm³/mol. The van der Waals surface area contributed by atoms with Crippen molar-refractivity contribution in [3.63, 3.8) is 0 Å². The van der Waals surface area contributed by atoms with Crippen molar-refractivity contribution in [1.82, 2.24) is 9.55 Å². The van der Waals surface area contributed by atoms with Gasteiger partial charge in [-0.05, 0) is 36.8 Å². The Bertz CT molecular complexity index is 1070. The fourth-order valence-corrected chi connectivity index (χ4v) is 3.54. The molecule has 0 saturated carbocycles. The molecule has 1 heterocycles. The zero-order chi connectivity index (χ0) is 21.7. The zero-order valence-electron chi connectivity index (χ0n) is 16.6. The zero-order valence-corrected chi connectivity index (χ0v) is 17.4. The van der Waals surface area contributed by atoms with Crippen LogP contribution in [0.2, 0.25) is 0 Å². The number of hydrogen-bond donors (Lipinski definition) is 1. The summed E-state index contributed by atoms with van der Waals surface area (Å²) in [5.41, 5.74) is 1.78. The number of aromatic nitrogens is 2. The highest BCUT2D eigenvalue weighted by atomic mass is 32.2. The lowest BCUT2D eigenvalue weighted by molar-refractivity contribution is -0.385. The number of nitro groups is 1. The lowest BCUT2D eigenvalue weighted by Crippen LogP contribution is -2.15. The molecule has 0 aliphatic heterocycles. The van der Waals surface area contributed by atoms with E-state index in [1.807, 2.05) is 35.0 Å². The number of nitrogens with one attached hydrogen (secondary N) is 1. The normalized spacial score (nSPS) is 10.5. The van der Waals surface area contributed by atoms with Crippen molar-refractivity contribution >= 4 is 29.0 Å². The van der Waals surface area contributed by atoms with E-state index in [4.69, 9.17) is 9.47 Å². The van der Waals surface area contributed by atoms with E-state index in [1.165, 1.54) is 31.0 Å². The standard InChI is InChI=1S/C20H20N4O5S/c1-13-10-17(24(26)27)18(29-3)11-16(13)22-19(25)12-30-20-21-8-9-23(20)14-4-6-15(28-2)7-5-14/h4-11H,12H2,1-3H3,(H,22,25). The summed E-state index contributed by atoms with van der Waals surface area (Å²) in [6.07, 6.45) is 3.48. The van der Waals surface area contributed by atoms with E-state index < -0.39 is 4.92 Å². The number of aryl methyl sites for hydroxylation is 1. The number of amides is 1. The highest BCUT2D eigenvalue weighted by Crippen LogP contribution is 2.33. The van der Waals surface area contributed by atoms with Gasteiger partial charge in [0.05, 0.1) is 24.9 Å². The third-order valence-electron chi connectivity index (χ3n) is 4.29. The first-order valence-electron chi connectivity index (χ1n) is 8.86. The first kappa shape index (κ1) is 21.2. The van der Waals surface area contributed by atoms with Crippen LogP contribution >= 0.6 is 11.8 Å². The van der Waals surface area contributed by atoms with E-state index in [-0.39, 0.29) is 23.1 Å². The summed E-state index contributed by atoms with van der Waals surface area (Å²) in [5.74, 6) is 0.694. The van der Waals surface area contributed by atoms with Gasteiger partial charge in [0.15, 0.2) is 10.9 Å². The Hall–Kier alpha value is -3.53. The average molecular weight is 428 g/mol. The molecule has 0 atom stereocenters. The second kappa shape index (κ2) is 9.31. The molecule has 0 bridgehead atoms. The van der Waals surface area contributed by atoms with Gasteiger partial charge in [0.25, 0.3) is 0 Å². The van der Waals surface area contributed by atoms with Crippen molar-refractivity contribution in [2.24, 2.45) is 0 Å². The largest absolute Gasteiger partial charge is 0.497 e. The van der Waals surface area contributed by atoms with E-state index in [0.717, 1.165) is 11.4 Å². The molecule has 0 radical (unpaired) electrons. The topological polar surface area (TPSA) is 109 Å². The van der Waals surface area contributed by atoms with Crippen molar-refractivity contribution in [2.45, 2.75) is 12.1 Å². The number of imidazole rings is 1. The fraction of sp³-hybridized carbons (Fsp3) is 0.200. The molecule has 1 amide bonds. The van der Waals surface area contributed by atoms with Crippen LogP contribution < -0.4 is 14.8 Å². The molecule has 0 aliphatic rings. The Morgan fingerprint density at radius 1 is 1.23 bits per heavy atom. The van der Waals surface area contributed by atoms with Crippen LogP contribution in [0, 0.1) is 17.0 Å². The number of anilines is 1. The second-order valence-corrected chi connectivity index (χ2v) is 7.15. The maximum Gasteiger partial charge on any atom is 0.311 e. The fourth-order valence-electron chi connectivity index (χ4n) is 2.77. The number of carbonyl (C=O) groups is 1. The van der Waals surface area contributed by atoms with Gasteiger partial charge in [0, 0.05) is 35.9 Å². The number of nitro benzene ring substituents is 1. The van der Waals surface area contributed by atoms with Crippen molar-refractivity contribution < 1.29 is 19.2 Å². The number of nitrogens with zero attached hydrogens (tertiary/aromatic N) is 3. The number of benzene rings is 2. The van der Waals surface area contributed by atoms with E-state index >= 15 is 0 Å². The lowest BCUT2D eigenvalue weighted by atomic mass is 10.1. The Morgan fingerprint density at radius 3 is 2.60 bits per heavy atom. The third kappa shape index (κ3) is 4.71. The van der Waals surface area contributed by atoms with Gasteiger partial charge in [-0.3, -0.25) is 19.5 Å². The molecule has 156 valence electrons. The van der Waals surface area contributed by atoms with Gasteiger partial charge in [-0.25, -0.2) is 4.98 Å². The van der Waals surface area contributed by atoms with Crippen molar-refractivity contribution in [1.29, 1.82) is 0 Å². The Balaban J connectivity index is 1.69. The minimum Gasteiger partial charge on any atom is -0.497 e. The first-order valence-corrected chi connectivity index (χ1v) is 9.85. The quantitative estimate of drug-likeness (QED) is 0.330. The summed E-state index contributed by atoms with van der Waals surface area (Å²) >= 11 is 1.28. The molecule has 30 heavy (non-hydrogen) atoms. The predicted octanol–water partition coefficient (Wildman–Crippen LogP) is 3.84. The van der Waals surface area contributed by atoms with E-state index in [0.29, 0.717) is 16.4 Å². The van der Waals surface area contributed by atoms with Gasteiger partial charge < -0.3 is 14.8 Å². The summed E-state index contributed by atoms with van der Waals surface area (Å²) in [6.45, 7) is 1.69. The van der Waals surface area contributed by atoms with Crippen LogP contribution in [0.1, 0.15) is 5.56 Å². The summed E-state index contributed by atoms with van der Waals surface area (Å²) in [7, 11) is 2.95. The molecule has 9 nitrogen and oxygen atoms in total. The molecule has 1 N–H and O–H groups in total. The molecule has 0 aliphatic carbocycles. The highest BCUT2D eigenvalue weighted by Gasteiger charge is 2.18. The van der Waals surface area contributed by atoms with Crippen molar-refractivity contribution in [2.75, 3.05) is 25.3 Å². The molecular formula is C20H20N4O5S. The van der Waals surface area contributed by atoms with Gasteiger partial charge in [-0.2, -0.15) is 0 Å². The number of rotatable bonds is 8. The average Bonchev–Trinajstić information content (AvgIpc) is 3.22. The van der Waals surface area contributed by atoms with Crippen LogP contribution in [0.3, 0.4) is 0 Å². The summed E-state index contributed by atoms with van der Waals surface area (Å²) in [5, 5.41) is 14.5. The molecule has 1 aromatic heterocycles. The van der Waals surface area contributed by atoms with Gasteiger partial charge in [-0.15, -0.1) is 0 Å². The monoisotopic (exact) mass is 428 g/mol. The van der Waals surface area contributed by atoms with E-state index in [1.54, 1.807) is 20.2 Å². The second-order valence-electron chi connectivity index (χ2n) is 6.21. The Kier molecular flexibility index (Phi) is 6.58. The van der Waals surface area contributed by atoms with Crippen molar-refractivity contribution in [3.8, 4) is 17.2 Å².